The number of alkyl halides is 3. The number of halogens is 3. The summed E-state index contributed by atoms with van der Waals surface area (Å²) in [5.41, 5.74) is -0.839. The van der Waals surface area contributed by atoms with Crippen molar-refractivity contribution in [3.05, 3.63) is 61.0 Å². The number of amides is 1. The first-order valence-corrected chi connectivity index (χ1v) is 29.6. The number of anilines is 1. The first kappa shape index (κ1) is 43.7. The number of esters is 1. The number of phenolic OH excluding ortho intramolecular Hbond substituents is 3. The maximum absolute atomic E-state index is 14.2. The van der Waals surface area contributed by atoms with E-state index in [9.17, 15) is 48.4 Å². The Morgan fingerprint density at radius 2 is 1.85 bits per heavy atom. The van der Waals surface area contributed by atoms with Gasteiger partial charge in [0.05, 0.1) is 0 Å². The van der Waals surface area contributed by atoms with Crippen molar-refractivity contribution in [3.63, 3.8) is 0 Å². The Bertz CT molecular complexity index is 1950. The monoisotopic (exact) mass is 1100 g/mol. The first-order valence-electron chi connectivity index (χ1n) is 16.3. The van der Waals surface area contributed by atoms with Crippen molar-refractivity contribution in [2.24, 2.45) is 5.92 Å². The van der Waals surface area contributed by atoms with Crippen LogP contribution in [0.5, 0.6) is 23.0 Å². The summed E-state index contributed by atoms with van der Waals surface area (Å²) in [4.78, 5) is 52.5. The number of ketones is 1. The van der Waals surface area contributed by atoms with Gasteiger partial charge in [-0.05, 0) is 0 Å². The summed E-state index contributed by atoms with van der Waals surface area (Å²) >= 11 is -2.83. The molecule has 54 heavy (non-hydrogen) atoms. The molecule has 0 unspecified atom stereocenters. The number of carbonyl (C=O) groups is 3. The number of aliphatic hydroxyl groups is 1. The van der Waals surface area contributed by atoms with Crippen molar-refractivity contribution in [1.82, 2.24) is 0 Å². The Morgan fingerprint density at radius 3 is 2.46 bits per heavy atom. The second kappa shape index (κ2) is 17.4. The van der Waals surface area contributed by atoms with Crippen molar-refractivity contribution >= 4 is 88.8 Å². The normalized spacial score (nSPS) is 28.3. The Balaban J connectivity index is 1.96. The van der Waals surface area contributed by atoms with E-state index in [-0.39, 0.29) is 44.2 Å². The molecule has 0 saturated carbocycles. The molecule has 6 N–H and O–H groups in total. The van der Waals surface area contributed by atoms with Gasteiger partial charge in [-0.25, -0.2) is 0 Å². The molecule has 3 aliphatic heterocycles. The number of fused-ring (bicyclic) bond motifs is 14. The van der Waals surface area contributed by atoms with Crippen LogP contribution in [0, 0.1) is 23.0 Å². The molecule has 3 aliphatic rings. The minimum atomic E-state index is -2.68. The molecule has 0 saturated heterocycles. The summed E-state index contributed by atoms with van der Waals surface area (Å²) in [5, 5.41) is 58.9. The second-order valence-electron chi connectivity index (χ2n) is 12.8. The standard InChI is InChI=1S/C35H43I3N2O14/c1-17-9-8-12-37(6)38(48)16-21(42)15-23(53-20(4)41)19(3)35(36,51-7)11-14-52-34(5)32(46)26-24-25(28(43)18(2)31(26)54-34)30(45)27(39-33(17)47)22(29(24)44)10-13-40(49)50/h8-9,11-12,14,19,21,23,42-45,48H,10,13,15-16H2,1-7H3,(H,39,47)/b12-8+,14-11?,17-9-/t19-,21-,23-,34-,35+/m0/s1. The maximum atomic E-state index is 14.2. The molecule has 298 valence electrons. The number of aliphatic hydroxyl groups excluding tert-OH is 1. The van der Waals surface area contributed by atoms with Crippen molar-refractivity contribution in [3.8, 4) is 23.0 Å². The van der Waals surface area contributed by atoms with Gasteiger partial charge in [-0.3, -0.25) is 0 Å². The van der Waals surface area contributed by atoms with Crippen LogP contribution in [-0.4, -0.2) is 91.1 Å². The van der Waals surface area contributed by atoms with Crippen LogP contribution >= 0.6 is 54.7 Å². The fraction of sp³-hybridized carbons (Fsp3) is 0.457. The Hall–Kier alpha value is -3.00. The molecular weight excluding hydrogens is 1050 g/mol. The zero-order valence-electron chi connectivity index (χ0n) is 30.4. The van der Waals surface area contributed by atoms with Gasteiger partial charge in [0, 0.05) is 0 Å². The fourth-order valence-corrected chi connectivity index (χ4v) is 18.6. The van der Waals surface area contributed by atoms with E-state index in [1.807, 2.05) is 31.6 Å². The van der Waals surface area contributed by atoms with Gasteiger partial charge in [-0.2, -0.15) is 0 Å². The predicted molar refractivity (Wildman–Crippen MR) is 225 cm³/mol. The third-order valence-electron chi connectivity index (χ3n) is 9.09. The number of aromatic hydroxyl groups is 3. The molecule has 0 spiro atoms. The third-order valence-corrected chi connectivity index (χ3v) is 29.5. The molecule has 5 rings (SSSR count). The molecular formula is C35H43I3N2O14. The van der Waals surface area contributed by atoms with Gasteiger partial charge in [-0.15, -0.1) is 0 Å². The molecule has 3 heterocycles. The van der Waals surface area contributed by atoms with E-state index in [4.69, 9.17) is 18.9 Å². The number of nitro groups is 1. The first-order chi connectivity index (χ1) is 25.2. The molecule has 2 aromatic carbocycles. The Morgan fingerprint density at radius 1 is 1.19 bits per heavy atom. The molecule has 1 amide bonds. The number of phenols is 3. The van der Waals surface area contributed by atoms with E-state index in [1.165, 1.54) is 47.0 Å². The minimum absolute atomic E-state index is 0.00313. The van der Waals surface area contributed by atoms with Crippen LogP contribution in [0.3, 0.4) is 0 Å². The van der Waals surface area contributed by atoms with Crippen molar-refractivity contribution < 1.29 is 62.1 Å². The summed E-state index contributed by atoms with van der Waals surface area (Å²) in [6, 6.07) is 0. The molecule has 5 bridgehead atoms. The number of carbonyl (C=O) groups excluding carboxylic acids is 3. The number of Topliss-reactive ketones (excluding diaryl/α,β-unsaturated/α-hetero) is 1. The van der Waals surface area contributed by atoms with Crippen LogP contribution in [0.1, 0.15) is 55.6 Å². The molecule has 16 nitrogen and oxygen atoms in total. The van der Waals surface area contributed by atoms with Gasteiger partial charge in [0.2, 0.25) is 0 Å². The number of ether oxygens (including phenoxy) is 4. The molecule has 0 aromatic heterocycles. The van der Waals surface area contributed by atoms with Crippen LogP contribution in [0.4, 0.5) is 5.69 Å². The van der Waals surface area contributed by atoms with Crippen LogP contribution in [0.2, 0.25) is 0 Å². The average molecular weight is 1100 g/mol. The topological polar surface area (TPSA) is 244 Å². The number of allylic oxidation sites excluding steroid dienone is 2. The number of rotatable bonds is 5. The van der Waals surface area contributed by atoms with Crippen molar-refractivity contribution in [2.75, 3.05) is 28.3 Å². The van der Waals surface area contributed by atoms with Gasteiger partial charge in [-0.1, -0.05) is 0 Å². The molecule has 5 atom stereocenters. The Labute approximate surface area is 335 Å². The van der Waals surface area contributed by atoms with Gasteiger partial charge in [0.15, 0.2) is 0 Å². The van der Waals surface area contributed by atoms with Crippen LogP contribution in [0.15, 0.2) is 34.1 Å². The number of nitrogens with one attached hydrogen (secondary N) is 1. The second-order valence-corrected chi connectivity index (χ2v) is 35.2. The SMILES string of the molecule is CO[C@]1(I)C=CO[C@@]2(C)Oc3c(C)c(O)c4c(O)c(c(CC[N+](=O)[O-])c(O)c4c3C2=O)NC(=O)/C(C)=C\C=C\I(C)I(O)C[C@@H](O)C[C@H](OC(C)=O)[C@@H]1C. The van der Waals surface area contributed by atoms with E-state index < -0.39 is 123 Å². The fourth-order valence-electron chi connectivity index (χ4n) is 5.99. The van der Waals surface area contributed by atoms with Crippen LogP contribution < -0.4 is 10.1 Å². The quantitative estimate of drug-likeness (QED) is 0.0390. The molecule has 19 heteroatoms. The molecule has 0 fully saturated rings. The summed E-state index contributed by atoms with van der Waals surface area (Å²) in [5.74, 6) is -7.15. The predicted octanol–water partition coefficient (Wildman–Crippen LogP) is 5.88. The Kier molecular flexibility index (Phi) is 14.1. The molecule has 0 radical (unpaired) electrons. The van der Waals surface area contributed by atoms with E-state index >= 15 is 0 Å². The number of hydrogen-bond acceptors (Lipinski definition) is 14. The summed E-state index contributed by atoms with van der Waals surface area (Å²) < 4.78 is 35.2. The third kappa shape index (κ3) is 9.00. The van der Waals surface area contributed by atoms with E-state index in [1.54, 1.807) is 13.0 Å². The number of hydrogen-bond donors (Lipinski definition) is 6. The van der Waals surface area contributed by atoms with Gasteiger partial charge in [0.1, 0.15) is 0 Å². The van der Waals surface area contributed by atoms with Crippen molar-refractivity contribution in [1.29, 1.82) is 0 Å². The van der Waals surface area contributed by atoms with E-state index in [2.05, 4.69) is 5.32 Å². The average Bonchev–Trinajstić information content (AvgIpc) is 3.36. The zero-order chi connectivity index (χ0) is 40.4. The zero-order valence-corrected chi connectivity index (χ0v) is 36.9. The summed E-state index contributed by atoms with van der Waals surface area (Å²) in [6.07, 6.45) is 3.31. The molecule has 2 aromatic rings. The van der Waals surface area contributed by atoms with Crippen molar-refractivity contribution in [2.45, 2.75) is 69.1 Å². The van der Waals surface area contributed by atoms with Crippen LogP contribution in [-0.2, 0) is 30.2 Å². The van der Waals surface area contributed by atoms with E-state index in [0.29, 0.717) is 0 Å². The van der Waals surface area contributed by atoms with E-state index in [0.717, 1.165) is 6.26 Å². The number of nitrogens with zero attached hydrogens (tertiary/aromatic N) is 1. The van der Waals surface area contributed by atoms with Gasteiger partial charge in [0.25, 0.3) is 0 Å². The van der Waals surface area contributed by atoms with Gasteiger partial charge < -0.3 is 0 Å². The van der Waals surface area contributed by atoms with Gasteiger partial charge >= 0.3 is 338 Å². The summed E-state index contributed by atoms with van der Waals surface area (Å²) in [6.45, 7) is 6.41. The van der Waals surface area contributed by atoms with Crippen LogP contribution in [0.25, 0.3) is 10.8 Å². The summed E-state index contributed by atoms with van der Waals surface area (Å²) in [7, 11) is 1.41. The molecule has 0 aliphatic carbocycles. The number of methoxy groups -OCH3 is 1. The number of benzene rings is 2.